The third-order valence-electron chi connectivity index (χ3n) is 5.96. The molecule has 0 unspecified atom stereocenters. The highest BCUT2D eigenvalue weighted by molar-refractivity contribution is 6.74. The smallest absolute Gasteiger partial charge is 0.255 e. The highest BCUT2D eigenvalue weighted by atomic mass is 28.4. The van der Waals surface area contributed by atoms with E-state index in [0.717, 1.165) is 10.9 Å². The first kappa shape index (κ1) is 20.1. The van der Waals surface area contributed by atoms with Crippen molar-refractivity contribution in [2.45, 2.75) is 71.3 Å². The first-order valence-electron chi connectivity index (χ1n) is 9.61. The fourth-order valence-corrected chi connectivity index (χ4v) is 4.80. The second kappa shape index (κ2) is 6.73. The molecule has 2 aromatic rings. The fraction of sp³-hybridized carbons (Fsp3) is 0.500. The lowest BCUT2D eigenvalue weighted by Crippen LogP contribution is -2.55. The molecule has 1 amide bonds. The van der Waals surface area contributed by atoms with Gasteiger partial charge in [0.15, 0.2) is 8.32 Å². The van der Waals surface area contributed by atoms with Gasteiger partial charge in [-0.3, -0.25) is 9.69 Å². The maximum absolute atomic E-state index is 12.9. The molecule has 1 saturated heterocycles. The number of hydrogen-bond donors (Lipinski definition) is 0. The van der Waals surface area contributed by atoms with Gasteiger partial charge in [0.1, 0.15) is 6.10 Å². The van der Waals surface area contributed by atoms with Crippen LogP contribution in [0.25, 0.3) is 10.8 Å². The summed E-state index contributed by atoms with van der Waals surface area (Å²) in [6.07, 6.45) is -0.505. The van der Waals surface area contributed by atoms with Crippen LogP contribution >= 0.6 is 0 Å². The minimum atomic E-state index is -2.13. The van der Waals surface area contributed by atoms with Crippen molar-refractivity contribution in [2.24, 2.45) is 0 Å². The molecular formula is C22H31NO3Si. The first-order chi connectivity index (χ1) is 12.4. The zero-order chi connectivity index (χ0) is 20.0. The number of ether oxygens (including phenoxy) is 1. The zero-order valence-corrected chi connectivity index (χ0v) is 18.5. The van der Waals surface area contributed by atoms with Crippen LogP contribution in [0.4, 0.5) is 0 Å². The summed E-state index contributed by atoms with van der Waals surface area (Å²) in [5, 5.41) is 2.35. The molecule has 1 heterocycles. The van der Waals surface area contributed by atoms with E-state index in [-0.39, 0.29) is 10.9 Å². The molecule has 5 heteroatoms. The maximum Gasteiger partial charge on any atom is 0.255 e. The number of nitrogens with zero attached hydrogens (tertiary/aromatic N) is 1. The number of rotatable bonds is 4. The molecule has 0 bridgehead atoms. The predicted octanol–water partition coefficient (Wildman–Crippen LogP) is 5.28. The Morgan fingerprint density at radius 2 is 1.78 bits per heavy atom. The van der Waals surface area contributed by atoms with Gasteiger partial charge in [-0.15, -0.1) is 0 Å². The summed E-state index contributed by atoms with van der Waals surface area (Å²) in [6, 6.07) is 14.5. The molecule has 0 radical (unpaired) electrons. The summed E-state index contributed by atoms with van der Waals surface area (Å²) in [7, 11) is -2.13. The van der Waals surface area contributed by atoms with Crippen molar-refractivity contribution in [2.75, 3.05) is 0 Å². The molecule has 4 nitrogen and oxygen atoms in total. The molecule has 0 aliphatic carbocycles. The molecule has 1 aliphatic rings. The molecule has 2 aromatic carbocycles. The van der Waals surface area contributed by atoms with E-state index in [1.54, 1.807) is 11.8 Å². The van der Waals surface area contributed by atoms with Crippen molar-refractivity contribution in [1.82, 2.24) is 4.90 Å². The Balaban J connectivity index is 1.97. The van der Waals surface area contributed by atoms with Crippen LogP contribution in [0.5, 0.6) is 0 Å². The fourth-order valence-electron chi connectivity index (χ4n) is 3.39. The summed E-state index contributed by atoms with van der Waals surface area (Å²) < 4.78 is 12.7. The van der Waals surface area contributed by atoms with Crippen molar-refractivity contribution in [3.8, 4) is 0 Å². The summed E-state index contributed by atoms with van der Waals surface area (Å²) in [5.74, 6) is -1.07. The van der Waals surface area contributed by atoms with Crippen molar-refractivity contribution >= 4 is 25.0 Å². The summed E-state index contributed by atoms with van der Waals surface area (Å²) in [6.45, 7) is 15.1. The topological polar surface area (TPSA) is 38.8 Å². The van der Waals surface area contributed by atoms with E-state index < -0.39 is 20.3 Å². The Hall–Kier alpha value is -1.69. The molecule has 1 fully saturated rings. The second-order valence-electron chi connectivity index (χ2n) is 9.08. The quantitative estimate of drug-likeness (QED) is 0.672. The van der Waals surface area contributed by atoms with Gasteiger partial charge in [-0.2, -0.15) is 0 Å². The van der Waals surface area contributed by atoms with E-state index in [9.17, 15) is 4.79 Å². The molecule has 0 N–H and O–H groups in total. The van der Waals surface area contributed by atoms with Crippen LogP contribution in [-0.2, 0) is 20.5 Å². The van der Waals surface area contributed by atoms with Crippen LogP contribution in [0.2, 0.25) is 18.1 Å². The van der Waals surface area contributed by atoms with E-state index >= 15 is 0 Å². The van der Waals surface area contributed by atoms with Gasteiger partial charge in [-0.1, -0.05) is 63.2 Å². The molecule has 0 saturated carbocycles. The van der Waals surface area contributed by atoms with Gasteiger partial charge in [0, 0.05) is 6.92 Å². The van der Waals surface area contributed by atoms with Gasteiger partial charge in [0.05, 0.1) is 6.54 Å². The third kappa shape index (κ3) is 3.68. The lowest BCUT2D eigenvalue weighted by atomic mass is 10.0. The lowest BCUT2D eigenvalue weighted by molar-refractivity contribution is -0.230. The lowest BCUT2D eigenvalue weighted by Gasteiger charge is -2.44. The molecule has 1 aliphatic heterocycles. The van der Waals surface area contributed by atoms with Gasteiger partial charge in [0.25, 0.3) is 5.91 Å². The normalized spacial score (nSPS) is 24.0. The van der Waals surface area contributed by atoms with Crippen molar-refractivity contribution in [3.63, 3.8) is 0 Å². The van der Waals surface area contributed by atoms with Gasteiger partial charge < -0.3 is 9.16 Å². The highest BCUT2D eigenvalue weighted by Crippen LogP contribution is 2.43. The van der Waals surface area contributed by atoms with Crippen LogP contribution in [0, 0.1) is 0 Å². The molecule has 146 valence electrons. The van der Waals surface area contributed by atoms with E-state index in [4.69, 9.17) is 9.16 Å². The highest BCUT2D eigenvalue weighted by Gasteiger charge is 2.53. The van der Waals surface area contributed by atoms with E-state index in [0.29, 0.717) is 6.54 Å². The largest absolute Gasteiger partial charge is 0.374 e. The van der Waals surface area contributed by atoms with Crippen molar-refractivity contribution in [3.05, 3.63) is 48.0 Å². The Morgan fingerprint density at radius 3 is 2.44 bits per heavy atom. The number of carbonyl (C=O) groups excluding carboxylic acids is 1. The van der Waals surface area contributed by atoms with Crippen LogP contribution in [0.15, 0.2) is 42.5 Å². The Bertz CT molecular complexity index is 853. The van der Waals surface area contributed by atoms with Gasteiger partial charge in [-0.05, 0) is 41.4 Å². The zero-order valence-electron chi connectivity index (χ0n) is 17.5. The van der Waals surface area contributed by atoms with Gasteiger partial charge in [-0.25, -0.2) is 0 Å². The van der Waals surface area contributed by atoms with E-state index in [1.807, 2.05) is 25.1 Å². The monoisotopic (exact) mass is 385 g/mol. The predicted molar refractivity (Wildman–Crippen MR) is 112 cm³/mol. The second-order valence-corrected chi connectivity index (χ2v) is 13.8. The van der Waals surface area contributed by atoms with E-state index in [1.165, 1.54) is 5.39 Å². The van der Waals surface area contributed by atoms with Crippen LogP contribution in [0.1, 0.15) is 40.2 Å². The molecule has 2 atom stereocenters. The van der Waals surface area contributed by atoms with Gasteiger partial charge >= 0.3 is 0 Å². The Labute approximate surface area is 163 Å². The number of benzene rings is 2. The maximum atomic E-state index is 12.9. The Kier molecular flexibility index (Phi) is 5.00. The minimum Gasteiger partial charge on any atom is -0.374 e. The molecule has 0 spiro atoms. The summed E-state index contributed by atoms with van der Waals surface area (Å²) >= 11 is 0. The SMILES string of the molecule is C[C@@H]1O[C@@](C)(O[Si](C)(C)C(C)(C)C)N(Cc2cccc3ccccc23)C1=O. The van der Waals surface area contributed by atoms with Crippen LogP contribution in [-0.4, -0.2) is 31.1 Å². The summed E-state index contributed by atoms with van der Waals surface area (Å²) in [5.41, 5.74) is 1.10. The summed E-state index contributed by atoms with van der Waals surface area (Å²) in [4.78, 5) is 14.7. The number of fused-ring (bicyclic) bond motifs is 1. The van der Waals surface area contributed by atoms with Gasteiger partial charge in [0.2, 0.25) is 5.91 Å². The number of amides is 1. The third-order valence-corrected chi connectivity index (χ3v) is 10.5. The number of hydrogen-bond acceptors (Lipinski definition) is 3. The first-order valence-corrected chi connectivity index (χ1v) is 12.5. The van der Waals surface area contributed by atoms with Crippen LogP contribution in [0.3, 0.4) is 0 Å². The van der Waals surface area contributed by atoms with E-state index in [2.05, 4.69) is 58.1 Å². The average Bonchev–Trinajstić information content (AvgIpc) is 2.76. The molecular weight excluding hydrogens is 354 g/mol. The Morgan fingerprint density at radius 1 is 1.15 bits per heavy atom. The van der Waals surface area contributed by atoms with Crippen molar-refractivity contribution in [1.29, 1.82) is 0 Å². The minimum absolute atomic E-state index is 0.0239. The van der Waals surface area contributed by atoms with Crippen LogP contribution < -0.4 is 0 Å². The standard InChI is InChI=1S/C22H31NO3Si/c1-16-20(24)23(22(5,25-16)26-27(6,7)21(2,3)4)15-18-13-10-12-17-11-8-9-14-19(17)18/h8-14,16H,15H2,1-7H3/t16-,22-/m0/s1. The molecule has 0 aromatic heterocycles. The van der Waals surface area contributed by atoms with Crippen molar-refractivity contribution < 1.29 is 14.0 Å². The molecule has 27 heavy (non-hydrogen) atoms. The number of carbonyl (C=O) groups is 1. The molecule has 3 rings (SSSR count). The average molecular weight is 386 g/mol.